The van der Waals surface area contributed by atoms with Gasteiger partial charge in [-0.3, -0.25) is 0 Å². The van der Waals surface area contributed by atoms with Crippen LogP contribution in [0.5, 0.6) is 0 Å². The molecule has 0 aliphatic heterocycles. The quantitative estimate of drug-likeness (QED) is 0.162. The second kappa shape index (κ2) is 14.5. The van der Waals surface area contributed by atoms with E-state index in [9.17, 15) is 0 Å². The van der Waals surface area contributed by atoms with Crippen molar-refractivity contribution in [2.24, 2.45) is 0 Å². The molecule has 0 amide bonds. The third kappa shape index (κ3) is 5.63. The fraction of sp³-hybridized carbons (Fsp3) is 0. The van der Waals surface area contributed by atoms with Crippen LogP contribution in [0.1, 0.15) is 0 Å². The molecule has 14 aromatic rings. The summed E-state index contributed by atoms with van der Waals surface area (Å²) in [5.74, 6) is 0. The van der Waals surface area contributed by atoms with Gasteiger partial charge in [0.15, 0.2) is 0 Å². The minimum atomic E-state index is 1.12. The molecule has 65 heavy (non-hydrogen) atoms. The maximum absolute atomic E-state index is 2.53. The standard InChI is InChI=1S/C60H36N2S3/c1-6-22-48-43(16-1)44-17-2-7-23-49(44)62(48)40-15-11-14-38(36-40)42-34-35-51(59-47-20-5-10-27-54(47)65-60(42)59)61(50-24-13-29-56-58(50)46-19-4-9-26-53(46)64-56)39-32-30-37(31-33-39)41-21-12-28-55-57(41)45-18-3-8-25-52(45)63-55/h1-36H. The Labute approximate surface area is 386 Å². The molecule has 4 heterocycles. The number of rotatable bonds is 6. The lowest BCUT2D eigenvalue weighted by Gasteiger charge is -2.28. The van der Waals surface area contributed by atoms with Crippen LogP contribution in [0.2, 0.25) is 0 Å². The highest BCUT2D eigenvalue weighted by Crippen LogP contribution is 2.51. The maximum atomic E-state index is 2.53. The topological polar surface area (TPSA) is 8.17 Å². The Bertz CT molecular complexity index is 4150. The van der Waals surface area contributed by atoms with Crippen LogP contribution in [0, 0.1) is 0 Å². The monoisotopic (exact) mass is 880 g/mol. The van der Waals surface area contributed by atoms with Crippen LogP contribution < -0.4 is 4.90 Å². The first-order chi connectivity index (χ1) is 32.2. The molecule has 5 heteroatoms. The highest BCUT2D eigenvalue weighted by atomic mass is 32.1. The van der Waals surface area contributed by atoms with Gasteiger partial charge in [0.1, 0.15) is 0 Å². The molecule has 0 unspecified atom stereocenters. The van der Waals surface area contributed by atoms with Crippen molar-refractivity contribution in [3.05, 3.63) is 218 Å². The summed E-state index contributed by atoms with van der Waals surface area (Å²) in [7, 11) is 0. The fourth-order valence-corrected chi connectivity index (χ4v) is 13.9. The highest BCUT2D eigenvalue weighted by Gasteiger charge is 2.24. The van der Waals surface area contributed by atoms with Gasteiger partial charge in [0.05, 0.1) is 22.4 Å². The zero-order valence-electron chi connectivity index (χ0n) is 34.9. The molecule has 0 fully saturated rings. The lowest BCUT2D eigenvalue weighted by Crippen LogP contribution is -2.11. The van der Waals surface area contributed by atoms with Gasteiger partial charge in [0, 0.05) is 82.7 Å². The van der Waals surface area contributed by atoms with Crippen LogP contribution in [0.25, 0.3) is 110 Å². The average Bonchev–Trinajstić information content (AvgIpc) is 4.14. The molecule has 10 aromatic carbocycles. The van der Waals surface area contributed by atoms with Gasteiger partial charge in [0.25, 0.3) is 0 Å². The molecular weight excluding hydrogens is 845 g/mol. The van der Waals surface area contributed by atoms with Crippen LogP contribution in [-0.2, 0) is 0 Å². The normalized spacial score (nSPS) is 12.0. The zero-order valence-corrected chi connectivity index (χ0v) is 37.4. The molecule has 4 aromatic heterocycles. The minimum Gasteiger partial charge on any atom is -0.309 e. The van der Waals surface area contributed by atoms with Crippen LogP contribution in [0.15, 0.2) is 218 Å². The summed E-state index contributed by atoms with van der Waals surface area (Å²) < 4.78 is 10.2. The van der Waals surface area contributed by atoms with Crippen molar-refractivity contribution in [2.75, 3.05) is 4.90 Å². The van der Waals surface area contributed by atoms with Crippen molar-refractivity contribution in [1.82, 2.24) is 4.57 Å². The van der Waals surface area contributed by atoms with Gasteiger partial charge in [-0.05, 0) is 101 Å². The van der Waals surface area contributed by atoms with E-state index in [2.05, 4.69) is 228 Å². The first kappa shape index (κ1) is 36.9. The molecule has 0 spiro atoms. The minimum absolute atomic E-state index is 1.12. The molecule has 0 radical (unpaired) electrons. The smallest absolute Gasteiger partial charge is 0.0555 e. The Morgan fingerprint density at radius 1 is 0.323 bits per heavy atom. The van der Waals surface area contributed by atoms with E-state index in [1.165, 1.54) is 116 Å². The lowest BCUT2D eigenvalue weighted by molar-refractivity contribution is 1.18. The zero-order chi connectivity index (χ0) is 42.6. The van der Waals surface area contributed by atoms with E-state index in [0.717, 1.165) is 11.4 Å². The summed E-state index contributed by atoms with van der Waals surface area (Å²) in [6.45, 7) is 0. The number of nitrogens with zero attached hydrogens (tertiary/aromatic N) is 2. The van der Waals surface area contributed by atoms with Gasteiger partial charge in [-0.1, -0.05) is 140 Å². The molecule has 304 valence electrons. The van der Waals surface area contributed by atoms with Crippen LogP contribution >= 0.6 is 34.0 Å². The fourth-order valence-electron chi connectivity index (χ4n) is 10.4. The summed E-state index contributed by atoms with van der Waals surface area (Å²) in [4.78, 5) is 2.53. The molecule has 0 saturated heterocycles. The van der Waals surface area contributed by atoms with Crippen LogP contribution in [-0.4, -0.2) is 4.57 Å². The number of benzene rings is 10. The Morgan fingerprint density at radius 3 is 1.54 bits per heavy atom. The predicted molar refractivity (Wildman–Crippen MR) is 285 cm³/mol. The number of aromatic nitrogens is 1. The van der Waals surface area contributed by atoms with Crippen molar-refractivity contribution in [3.8, 4) is 27.9 Å². The molecule has 0 aliphatic rings. The Kier molecular flexibility index (Phi) is 8.23. The molecule has 0 saturated carbocycles. The van der Waals surface area contributed by atoms with Crippen molar-refractivity contribution in [2.45, 2.75) is 0 Å². The van der Waals surface area contributed by atoms with Crippen molar-refractivity contribution < 1.29 is 0 Å². The predicted octanol–water partition coefficient (Wildman–Crippen LogP) is 18.7. The van der Waals surface area contributed by atoms with Crippen LogP contribution in [0.3, 0.4) is 0 Å². The van der Waals surface area contributed by atoms with E-state index in [-0.39, 0.29) is 0 Å². The van der Waals surface area contributed by atoms with Gasteiger partial charge in [-0.2, -0.15) is 0 Å². The van der Waals surface area contributed by atoms with Crippen molar-refractivity contribution in [3.63, 3.8) is 0 Å². The molecule has 0 atom stereocenters. The number of hydrogen-bond acceptors (Lipinski definition) is 4. The van der Waals surface area contributed by atoms with Gasteiger partial charge in [-0.15, -0.1) is 34.0 Å². The van der Waals surface area contributed by atoms with Gasteiger partial charge in [0.2, 0.25) is 0 Å². The molecule has 0 aliphatic carbocycles. The van der Waals surface area contributed by atoms with Crippen molar-refractivity contribution in [1.29, 1.82) is 0 Å². The Hall–Kier alpha value is -7.54. The summed E-state index contributed by atoms with van der Waals surface area (Å²) in [6, 6.07) is 80.9. The number of fused-ring (bicyclic) bond motifs is 12. The maximum Gasteiger partial charge on any atom is 0.0555 e. The number of anilines is 3. The summed E-state index contributed by atoms with van der Waals surface area (Å²) in [6.07, 6.45) is 0. The van der Waals surface area contributed by atoms with Gasteiger partial charge >= 0.3 is 0 Å². The molecule has 2 nitrogen and oxygen atoms in total. The van der Waals surface area contributed by atoms with E-state index >= 15 is 0 Å². The van der Waals surface area contributed by atoms with E-state index in [4.69, 9.17) is 0 Å². The summed E-state index contributed by atoms with van der Waals surface area (Å²) in [5, 5.41) is 10.3. The second-order valence-electron chi connectivity index (χ2n) is 16.8. The van der Waals surface area contributed by atoms with Crippen molar-refractivity contribution >= 4 is 133 Å². The van der Waals surface area contributed by atoms with Crippen LogP contribution in [0.4, 0.5) is 17.1 Å². The SMILES string of the molecule is c1cc(-c2ccc(N(c3ccc(-c4cccc5sc6ccccc6c45)cc3)c3cccc4sc5ccccc5c34)c3c2sc2ccccc23)cc(-n2c3ccccc3c3ccccc32)c1. The Morgan fingerprint density at radius 2 is 0.846 bits per heavy atom. The number of thiophene rings is 3. The number of hydrogen-bond donors (Lipinski definition) is 0. The van der Waals surface area contributed by atoms with E-state index in [1.807, 2.05) is 34.0 Å². The number of para-hydroxylation sites is 2. The highest BCUT2D eigenvalue weighted by molar-refractivity contribution is 7.27. The largest absolute Gasteiger partial charge is 0.309 e. The summed E-state index contributed by atoms with van der Waals surface area (Å²) in [5.41, 5.74) is 12.0. The summed E-state index contributed by atoms with van der Waals surface area (Å²) >= 11 is 5.63. The lowest BCUT2D eigenvalue weighted by atomic mass is 9.98. The molecule has 14 rings (SSSR count). The van der Waals surface area contributed by atoms with E-state index in [1.54, 1.807) is 0 Å². The Balaban J connectivity index is 0.999. The third-order valence-corrected chi connectivity index (χ3v) is 16.7. The second-order valence-corrected chi connectivity index (χ2v) is 20.0. The van der Waals surface area contributed by atoms with Gasteiger partial charge < -0.3 is 9.47 Å². The third-order valence-electron chi connectivity index (χ3n) is 13.2. The first-order valence-corrected chi connectivity index (χ1v) is 24.4. The van der Waals surface area contributed by atoms with E-state index < -0.39 is 0 Å². The molecule has 0 N–H and O–H groups in total. The molecular formula is C60H36N2S3. The van der Waals surface area contributed by atoms with Gasteiger partial charge in [-0.25, -0.2) is 0 Å². The first-order valence-electron chi connectivity index (χ1n) is 22.0. The van der Waals surface area contributed by atoms with E-state index in [0.29, 0.717) is 0 Å². The average molecular weight is 881 g/mol. The molecule has 0 bridgehead atoms.